The summed E-state index contributed by atoms with van der Waals surface area (Å²) in [6.07, 6.45) is -4.85. The Morgan fingerprint density at radius 3 is 2.37 bits per heavy atom. The molecule has 1 heterocycles. The van der Waals surface area contributed by atoms with Crippen molar-refractivity contribution in [2.24, 2.45) is 0 Å². The average Bonchev–Trinajstić information content (AvgIpc) is 2.78. The lowest BCUT2D eigenvalue weighted by atomic mass is 10.1. The third-order valence-electron chi connectivity index (χ3n) is 2.24. The monoisotopic (exact) mass is 272 g/mol. The maximum Gasteiger partial charge on any atom is 0.471 e. The van der Waals surface area contributed by atoms with Crippen molar-refractivity contribution in [1.29, 1.82) is 0 Å². The second kappa shape index (κ2) is 4.71. The molecular weight excluding hydrogens is 265 g/mol. The van der Waals surface area contributed by atoms with Crippen molar-refractivity contribution in [3.05, 3.63) is 35.7 Å². The second-order valence-corrected chi connectivity index (χ2v) is 3.69. The second-order valence-electron chi connectivity index (χ2n) is 3.69. The SMILES string of the molecule is O=C(O)Cc1ccc(-c2noc(C(F)(F)F)n2)cc1. The summed E-state index contributed by atoms with van der Waals surface area (Å²) in [5.41, 5.74) is 0.837. The Kier molecular flexibility index (Phi) is 3.24. The average molecular weight is 272 g/mol. The number of carboxylic acids is 1. The van der Waals surface area contributed by atoms with Crippen molar-refractivity contribution in [3.63, 3.8) is 0 Å². The van der Waals surface area contributed by atoms with Gasteiger partial charge in [0.05, 0.1) is 6.42 Å². The van der Waals surface area contributed by atoms with E-state index in [-0.39, 0.29) is 12.2 Å². The van der Waals surface area contributed by atoms with Gasteiger partial charge in [0.1, 0.15) is 0 Å². The number of hydrogen-bond donors (Lipinski definition) is 1. The molecule has 0 bridgehead atoms. The molecule has 0 aliphatic carbocycles. The molecule has 0 atom stereocenters. The predicted octanol–water partition coefficient (Wildman–Crippen LogP) is 2.38. The summed E-state index contributed by atoms with van der Waals surface area (Å²) in [5.74, 6) is -2.61. The fraction of sp³-hybridized carbons (Fsp3) is 0.182. The molecule has 0 saturated heterocycles. The van der Waals surface area contributed by atoms with E-state index in [0.717, 1.165) is 0 Å². The van der Waals surface area contributed by atoms with Crippen LogP contribution in [0.4, 0.5) is 13.2 Å². The van der Waals surface area contributed by atoms with Gasteiger partial charge >= 0.3 is 18.0 Å². The Balaban J connectivity index is 2.23. The van der Waals surface area contributed by atoms with Crippen molar-refractivity contribution < 1.29 is 27.6 Å². The molecule has 0 saturated carbocycles. The molecule has 100 valence electrons. The molecule has 19 heavy (non-hydrogen) atoms. The number of carbonyl (C=O) groups is 1. The molecule has 0 unspecified atom stereocenters. The van der Waals surface area contributed by atoms with Crippen molar-refractivity contribution in [1.82, 2.24) is 10.1 Å². The highest BCUT2D eigenvalue weighted by Crippen LogP contribution is 2.29. The Morgan fingerprint density at radius 2 is 1.89 bits per heavy atom. The first-order chi connectivity index (χ1) is 8.86. The zero-order valence-electron chi connectivity index (χ0n) is 9.31. The maximum absolute atomic E-state index is 12.3. The Bertz CT molecular complexity index is 590. The predicted molar refractivity (Wildman–Crippen MR) is 56.1 cm³/mol. The molecular formula is C11H7F3N2O3. The fourth-order valence-corrected chi connectivity index (χ4v) is 1.40. The lowest BCUT2D eigenvalue weighted by Crippen LogP contribution is -2.04. The molecule has 0 aliphatic rings. The minimum atomic E-state index is -4.69. The van der Waals surface area contributed by atoms with Gasteiger partial charge in [-0.25, -0.2) is 0 Å². The van der Waals surface area contributed by atoms with Crippen molar-refractivity contribution in [2.45, 2.75) is 12.6 Å². The lowest BCUT2D eigenvalue weighted by molar-refractivity contribution is -0.159. The zero-order valence-corrected chi connectivity index (χ0v) is 9.31. The number of alkyl halides is 3. The summed E-state index contributed by atoms with van der Waals surface area (Å²) in [6.45, 7) is 0. The van der Waals surface area contributed by atoms with Gasteiger partial charge in [-0.05, 0) is 5.56 Å². The van der Waals surface area contributed by atoms with E-state index in [9.17, 15) is 18.0 Å². The van der Waals surface area contributed by atoms with E-state index in [4.69, 9.17) is 5.11 Å². The van der Waals surface area contributed by atoms with Crippen LogP contribution in [-0.2, 0) is 17.4 Å². The number of rotatable bonds is 3. The molecule has 1 aromatic heterocycles. The zero-order chi connectivity index (χ0) is 14.0. The van der Waals surface area contributed by atoms with Gasteiger partial charge in [0.2, 0.25) is 5.82 Å². The van der Waals surface area contributed by atoms with Gasteiger partial charge in [0.15, 0.2) is 0 Å². The van der Waals surface area contributed by atoms with Crippen molar-refractivity contribution in [3.8, 4) is 11.4 Å². The van der Waals surface area contributed by atoms with E-state index in [0.29, 0.717) is 11.1 Å². The van der Waals surface area contributed by atoms with Crippen LogP contribution in [0.5, 0.6) is 0 Å². The molecule has 0 aliphatic heterocycles. The first kappa shape index (κ1) is 13.1. The topological polar surface area (TPSA) is 76.2 Å². The summed E-state index contributed by atoms with van der Waals surface area (Å²) < 4.78 is 40.9. The number of carboxylic acid groups (broad SMARTS) is 1. The molecule has 2 aromatic rings. The fourth-order valence-electron chi connectivity index (χ4n) is 1.40. The Labute approximate surface area is 104 Å². The van der Waals surface area contributed by atoms with Gasteiger partial charge in [0.25, 0.3) is 0 Å². The van der Waals surface area contributed by atoms with E-state index in [1.54, 1.807) is 0 Å². The van der Waals surface area contributed by atoms with Crippen molar-refractivity contribution >= 4 is 5.97 Å². The van der Waals surface area contributed by atoms with Crippen LogP contribution in [0, 0.1) is 0 Å². The van der Waals surface area contributed by atoms with Gasteiger partial charge in [-0.2, -0.15) is 18.2 Å². The lowest BCUT2D eigenvalue weighted by Gasteiger charge is -1.98. The highest BCUT2D eigenvalue weighted by molar-refractivity contribution is 5.70. The number of aliphatic carboxylic acids is 1. The van der Waals surface area contributed by atoms with Crippen LogP contribution < -0.4 is 0 Å². The van der Waals surface area contributed by atoms with E-state index in [2.05, 4.69) is 14.7 Å². The first-order valence-corrected chi connectivity index (χ1v) is 5.08. The Hall–Kier alpha value is -2.38. The van der Waals surface area contributed by atoms with E-state index < -0.39 is 18.0 Å². The minimum absolute atomic E-state index is 0.166. The molecule has 1 aromatic carbocycles. The number of nitrogens with zero attached hydrogens (tertiary/aromatic N) is 2. The third kappa shape index (κ3) is 3.09. The smallest absolute Gasteiger partial charge is 0.471 e. The van der Waals surface area contributed by atoms with Gasteiger partial charge < -0.3 is 9.63 Å². The quantitative estimate of drug-likeness (QED) is 0.928. The summed E-state index contributed by atoms with van der Waals surface area (Å²) in [6, 6.07) is 5.83. The van der Waals surface area contributed by atoms with Crippen LogP contribution in [0.3, 0.4) is 0 Å². The largest absolute Gasteiger partial charge is 0.481 e. The summed E-state index contributed by atoms with van der Waals surface area (Å²) in [5, 5.41) is 11.8. The molecule has 2 rings (SSSR count). The molecule has 0 radical (unpaired) electrons. The molecule has 5 nitrogen and oxygen atoms in total. The molecule has 0 spiro atoms. The number of halogens is 3. The van der Waals surface area contributed by atoms with E-state index in [1.807, 2.05) is 0 Å². The summed E-state index contributed by atoms with van der Waals surface area (Å²) in [4.78, 5) is 13.7. The summed E-state index contributed by atoms with van der Waals surface area (Å²) >= 11 is 0. The van der Waals surface area contributed by atoms with Crippen LogP contribution >= 0.6 is 0 Å². The van der Waals surface area contributed by atoms with E-state index in [1.165, 1.54) is 24.3 Å². The van der Waals surface area contributed by atoms with Crippen LogP contribution in [0.15, 0.2) is 28.8 Å². The number of hydrogen-bond acceptors (Lipinski definition) is 4. The van der Waals surface area contributed by atoms with E-state index >= 15 is 0 Å². The summed E-state index contributed by atoms with van der Waals surface area (Å²) in [7, 11) is 0. The minimum Gasteiger partial charge on any atom is -0.481 e. The number of benzene rings is 1. The first-order valence-electron chi connectivity index (χ1n) is 5.08. The standard InChI is InChI=1S/C11H7F3N2O3/c12-11(13,14)10-15-9(16-19-10)7-3-1-6(2-4-7)5-8(17)18/h1-4H,5H2,(H,17,18). The highest BCUT2D eigenvalue weighted by atomic mass is 19.4. The van der Waals surface area contributed by atoms with Crippen molar-refractivity contribution in [2.75, 3.05) is 0 Å². The normalized spacial score (nSPS) is 11.5. The molecule has 0 fully saturated rings. The molecule has 8 heteroatoms. The van der Waals surface area contributed by atoms with Crippen LogP contribution in [0.1, 0.15) is 11.5 Å². The van der Waals surface area contributed by atoms with Crippen LogP contribution in [0.25, 0.3) is 11.4 Å². The third-order valence-corrected chi connectivity index (χ3v) is 2.24. The Morgan fingerprint density at radius 1 is 1.26 bits per heavy atom. The molecule has 1 N–H and O–H groups in total. The number of aromatic nitrogens is 2. The van der Waals surface area contributed by atoms with Gasteiger partial charge in [0, 0.05) is 5.56 Å². The molecule has 0 amide bonds. The van der Waals surface area contributed by atoms with Gasteiger partial charge in [-0.3, -0.25) is 4.79 Å². The highest BCUT2D eigenvalue weighted by Gasteiger charge is 2.38. The van der Waals surface area contributed by atoms with Crippen LogP contribution in [0.2, 0.25) is 0 Å². The van der Waals surface area contributed by atoms with Gasteiger partial charge in [-0.1, -0.05) is 29.4 Å². The van der Waals surface area contributed by atoms with Crippen LogP contribution in [-0.4, -0.2) is 21.2 Å². The maximum atomic E-state index is 12.3. The van der Waals surface area contributed by atoms with Gasteiger partial charge in [-0.15, -0.1) is 0 Å².